The Morgan fingerprint density at radius 1 is 1.45 bits per heavy atom. The van der Waals surface area contributed by atoms with Gasteiger partial charge in [-0.05, 0) is 53.0 Å². The number of benzene rings is 1. The van der Waals surface area contributed by atoms with E-state index in [0.29, 0.717) is 0 Å². The highest BCUT2D eigenvalue weighted by Gasteiger charge is 2.15. The van der Waals surface area contributed by atoms with Crippen LogP contribution in [0.25, 0.3) is 0 Å². The third-order valence-electron chi connectivity index (χ3n) is 3.35. The Labute approximate surface area is 127 Å². The van der Waals surface area contributed by atoms with Crippen LogP contribution in [0.5, 0.6) is 5.75 Å². The Morgan fingerprint density at radius 3 is 2.70 bits per heavy atom. The summed E-state index contributed by atoms with van der Waals surface area (Å²) < 4.78 is 8.02. The molecule has 0 saturated carbocycles. The van der Waals surface area contributed by atoms with Crippen molar-refractivity contribution in [3.8, 4) is 5.75 Å². The number of nitrogens with two attached hydrogens (primary N) is 1. The van der Waals surface area contributed by atoms with Crippen LogP contribution in [0.4, 0.5) is 0 Å². The molecule has 3 N–H and O–H groups in total. The van der Waals surface area contributed by atoms with Crippen molar-refractivity contribution >= 4 is 15.9 Å². The van der Waals surface area contributed by atoms with Crippen LogP contribution in [0.3, 0.4) is 0 Å². The number of hydrogen-bond donors (Lipinski definition) is 2. The highest BCUT2D eigenvalue weighted by molar-refractivity contribution is 9.10. The van der Waals surface area contributed by atoms with Gasteiger partial charge in [0, 0.05) is 12.7 Å². The van der Waals surface area contributed by atoms with Gasteiger partial charge in [-0.25, -0.2) is 0 Å². The van der Waals surface area contributed by atoms with Crippen LogP contribution in [-0.4, -0.2) is 16.9 Å². The number of nitrogens with one attached hydrogen (secondary N) is 1. The van der Waals surface area contributed by atoms with E-state index in [0.717, 1.165) is 33.6 Å². The average molecular weight is 339 g/mol. The molecule has 0 aliphatic heterocycles. The van der Waals surface area contributed by atoms with Gasteiger partial charge in [0.05, 0.1) is 23.3 Å². The van der Waals surface area contributed by atoms with Crippen molar-refractivity contribution < 1.29 is 4.74 Å². The van der Waals surface area contributed by atoms with Crippen molar-refractivity contribution in [2.75, 3.05) is 7.11 Å². The fraction of sp³-hybridized carbons (Fsp3) is 0.357. The molecule has 0 spiro atoms. The summed E-state index contributed by atoms with van der Waals surface area (Å²) >= 11 is 3.49. The minimum atomic E-state index is -0.0183. The van der Waals surface area contributed by atoms with Gasteiger partial charge in [0.2, 0.25) is 0 Å². The molecule has 2 rings (SSSR count). The van der Waals surface area contributed by atoms with Crippen LogP contribution < -0.4 is 16.0 Å². The van der Waals surface area contributed by atoms with Gasteiger partial charge in [-0.15, -0.1) is 0 Å². The van der Waals surface area contributed by atoms with Crippen LogP contribution in [0, 0.1) is 6.92 Å². The molecule has 0 radical (unpaired) electrons. The summed E-state index contributed by atoms with van der Waals surface area (Å²) in [6.45, 7) is 2.02. The Kier molecular flexibility index (Phi) is 4.80. The van der Waals surface area contributed by atoms with Gasteiger partial charge in [0.15, 0.2) is 0 Å². The fourth-order valence-electron chi connectivity index (χ4n) is 2.08. The third kappa shape index (κ3) is 3.20. The minimum Gasteiger partial charge on any atom is -0.496 e. The highest BCUT2D eigenvalue weighted by Crippen LogP contribution is 2.27. The fourth-order valence-corrected chi connectivity index (χ4v) is 2.67. The molecular weight excluding hydrogens is 320 g/mol. The van der Waals surface area contributed by atoms with Crippen molar-refractivity contribution in [3.05, 3.63) is 45.7 Å². The van der Waals surface area contributed by atoms with Gasteiger partial charge in [-0.2, -0.15) is 5.10 Å². The van der Waals surface area contributed by atoms with Crippen molar-refractivity contribution in [2.24, 2.45) is 12.9 Å². The standard InChI is InChI=1S/C14H19BrN4O/c1-9-6-13(18-19(9)2)12(17-16)8-10-4-5-14(20-3)11(15)7-10/h4-7,12,17H,8,16H2,1-3H3. The summed E-state index contributed by atoms with van der Waals surface area (Å²) in [4.78, 5) is 0. The normalized spacial score (nSPS) is 12.4. The van der Waals surface area contributed by atoms with Crippen LogP contribution in [0.2, 0.25) is 0 Å². The maximum atomic E-state index is 5.67. The number of ether oxygens (including phenoxy) is 1. The molecule has 0 amide bonds. The van der Waals surface area contributed by atoms with Gasteiger partial charge in [-0.3, -0.25) is 16.0 Å². The summed E-state index contributed by atoms with van der Waals surface area (Å²) in [5, 5.41) is 4.47. The Bertz CT molecular complexity index is 577. The summed E-state index contributed by atoms with van der Waals surface area (Å²) in [5.74, 6) is 6.49. The average Bonchev–Trinajstić information content (AvgIpc) is 2.76. The zero-order chi connectivity index (χ0) is 14.7. The Balaban J connectivity index is 2.20. The molecule has 1 unspecified atom stereocenters. The summed E-state index contributed by atoms with van der Waals surface area (Å²) in [7, 11) is 3.58. The lowest BCUT2D eigenvalue weighted by Crippen LogP contribution is -2.30. The van der Waals surface area contributed by atoms with Crippen LogP contribution in [0.15, 0.2) is 28.7 Å². The zero-order valence-corrected chi connectivity index (χ0v) is 13.4. The number of rotatable bonds is 5. The molecule has 0 fully saturated rings. The molecule has 1 heterocycles. The lowest BCUT2D eigenvalue weighted by molar-refractivity contribution is 0.412. The van der Waals surface area contributed by atoms with E-state index in [1.807, 2.05) is 42.9 Å². The van der Waals surface area contributed by atoms with E-state index < -0.39 is 0 Å². The first-order valence-corrected chi connectivity index (χ1v) is 7.13. The number of methoxy groups -OCH3 is 1. The quantitative estimate of drug-likeness (QED) is 0.648. The molecule has 1 aromatic carbocycles. The van der Waals surface area contributed by atoms with Crippen molar-refractivity contribution in [3.63, 3.8) is 0 Å². The number of hydrogen-bond acceptors (Lipinski definition) is 4. The Morgan fingerprint density at radius 2 is 2.20 bits per heavy atom. The van der Waals surface area contributed by atoms with E-state index in [4.69, 9.17) is 10.6 Å². The monoisotopic (exact) mass is 338 g/mol. The van der Waals surface area contributed by atoms with E-state index in [9.17, 15) is 0 Å². The maximum Gasteiger partial charge on any atom is 0.133 e. The third-order valence-corrected chi connectivity index (χ3v) is 3.97. The number of halogens is 1. The van der Waals surface area contributed by atoms with E-state index in [1.54, 1.807) is 7.11 Å². The van der Waals surface area contributed by atoms with Gasteiger partial charge < -0.3 is 4.74 Å². The van der Waals surface area contributed by atoms with E-state index in [-0.39, 0.29) is 6.04 Å². The molecule has 2 aromatic rings. The maximum absolute atomic E-state index is 5.67. The molecule has 0 aliphatic rings. The Hall–Kier alpha value is -1.37. The molecule has 20 heavy (non-hydrogen) atoms. The molecule has 1 atom stereocenters. The van der Waals surface area contributed by atoms with Crippen LogP contribution in [0.1, 0.15) is 23.0 Å². The van der Waals surface area contributed by atoms with Crippen molar-refractivity contribution in [2.45, 2.75) is 19.4 Å². The van der Waals surface area contributed by atoms with Gasteiger partial charge >= 0.3 is 0 Å². The molecule has 1 aromatic heterocycles. The molecule has 0 saturated heterocycles. The van der Waals surface area contributed by atoms with E-state index in [1.165, 1.54) is 0 Å². The molecule has 5 nitrogen and oxygen atoms in total. The molecule has 6 heteroatoms. The summed E-state index contributed by atoms with van der Waals surface area (Å²) in [6, 6.07) is 8.04. The van der Waals surface area contributed by atoms with Gasteiger partial charge in [-0.1, -0.05) is 6.07 Å². The van der Waals surface area contributed by atoms with Crippen molar-refractivity contribution in [1.82, 2.24) is 15.2 Å². The van der Waals surface area contributed by atoms with Crippen LogP contribution >= 0.6 is 15.9 Å². The number of nitrogens with zero attached hydrogens (tertiary/aromatic N) is 2. The van der Waals surface area contributed by atoms with Crippen LogP contribution in [-0.2, 0) is 13.5 Å². The second-order valence-electron chi connectivity index (χ2n) is 4.73. The molecule has 108 valence electrons. The second-order valence-corrected chi connectivity index (χ2v) is 5.58. The minimum absolute atomic E-state index is 0.0183. The number of aromatic nitrogens is 2. The highest BCUT2D eigenvalue weighted by atomic mass is 79.9. The number of hydrazine groups is 1. The first-order valence-electron chi connectivity index (χ1n) is 6.34. The summed E-state index contributed by atoms with van der Waals surface area (Å²) in [6.07, 6.45) is 0.759. The predicted molar refractivity (Wildman–Crippen MR) is 82.4 cm³/mol. The van der Waals surface area contributed by atoms with E-state index >= 15 is 0 Å². The lowest BCUT2D eigenvalue weighted by atomic mass is 10.0. The predicted octanol–water partition coefficient (Wildman–Crippen LogP) is 2.25. The second kappa shape index (κ2) is 6.39. The zero-order valence-electron chi connectivity index (χ0n) is 11.9. The smallest absolute Gasteiger partial charge is 0.133 e. The largest absolute Gasteiger partial charge is 0.496 e. The molecule has 0 bridgehead atoms. The SMILES string of the molecule is COc1ccc(CC(NN)c2cc(C)n(C)n2)cc1Br. The molecule has 0 aliphatic carbocycles. The van der Waals surface area contributed by atoms with Gasteiger partial charge in [0.25, 0.3) is 0 Å². The number of aryl methyl sites for hydroxylation is 2. The molecular formula is C14H19BrN4O. The van der Waals surface area contributed by atoms with E-state index in [2.05, 4.69) is 26.5 Å². The first-order chi connectivity index (χ1) is 9.55. The lowest BCUT2D eigenvalue weighted by Gasteiger charge is -2.14. The van der Waals surface area contributed by atoms with Gasteiger partial charge in [0.1, 0.15) is 5.75 Å². The van der Waals surface area contributed by atoms with Crippen molar-refractivity contribution in [1.29, 1.82) is 0 Å². The first kappa shape index (κ1) is 15.0. The summed E-state index contributed by atoms with van der Waals surface area (Å²) in [5.41, 5.74) is 6.04. The topological polar surface area (TPSA) is 65.1 Å².